The molecule has 2 atom stereocenters. The molecule has 0 aliphatic heterocycles. The fourth-order valence-corrected chi connectivity index (χ4v) is 3.67. The lowest BCUT2D eigenvalue weighted by Gasteiger charge is -2.22. The standard InChI is InChI=1S/C25H22N4O8/c30-23(26-22(15-24(31)32)17-9-5-2-6-10-17)14-21(16-7-3-1-4-8-16)27-25(33)18-11-19(28(34)35)13-20(12-18)29(36)37/h1-13,21-22H,14-15H2,(H,26,30)(H,27,33)(H,31,32). The highest BCUT2D eigenvalue weighted by Gasteiger charge is 2.25. The first-order valence-corrected chi connectivity index (χ1v) is 11.0. The number of nitrogens with one attached hydrogen (secondary N) is 2. The average molecular weight is 506 g/mol. The van der Waals surface area contributed by atoms with E-state index < -0.39 is 51.1 Å². The SMILES string of the molecule is O=C(O)CC(NC(=O)CC(NC(=O)c1cc([N+](=O)[O-])cc([N+](=O)[O-])c1)c1ccccc1)c1ccccc1. The number of amides is 2. The molecule has 3 rings (SSSR count). The second-order valence-electron chi connectivity index (χ2n) is 8.02. The van der Waals surface area contributed by atoms with E-state index in [0.717, 1.165) is 18.2 Å². The summed E-state index contributed by atoms with van der Waals surface area (Å²) in [4.78, 5) is 58.0. The van der Waals surface area contributed by atoms with Crippen LogP contribution in [0.2, 0.25) is 0 Å². The normalized spacial score (nSPS) is 12.1. The van der Waals surface area contributed by atoms with Gasteiger partial charge in [-0.25, -0.2) is 0 Å². The van der Waals surface area contributed by atoms with Crippen LogP contribution in [0.4, 0.5) is 11.4 Å². The Labute approximate surface area is 210 Å². The first kappa shape index (κ1) is 26.5. The molecule has 0 aliphatic carbocycles. The second kappa shape index (κ2) is 12.0. The molecule has 3 aromatic rings. The van der Waals surface area contributed by atoms with Crippen molar-refractivity contribution >= 4 is 29.2 Å². The molecule has 0 bridgehead atoms. The number of hydrogen-bond donors (Lipinski definition) is 3. The van der Waals surface area contributed by atoms with Crippen molar-refractivity contribution in [2.45, 2.75) is 24.9 Å². The van der Waals surface area contributed by atoms with Crippen molar-refractivity contribution in [1.82, 2.24) is 10.6 Å². The Hall–Kier alpha value is -5.13. The summed E-state index contributed by atoms with van der Waals surface area (Å²) in [5.41, 5.74) is -0.474. The Morgan fingerprint density at radius 1 is 0.730 bits per heavy atom. The van der Waals surface area contributed by atoms with Gasteiger partial charge in [-0.3, -0.25) is 34.6 Å². The van der Waals surface area contributed by atoms with Crippen molar-refractivity contribution in [2.75, 3.05) is 0 Å². The molecule has 0 spiro atoms. The topological polar surface area (TPSA) is 182 Å². The Kier molecular flexibility index (Phi) is 8.60. The molecule has 0 aromatic heterocycles. The third-order valence-corrected chi connectivity index (χ3v) is 5.40. The molecular formula is C25H22N4O8. The number of nitro groups is 2. The molecule has 0 saturated carbocycles. The van der Waals surface area contributed by atoms with Crippen LogP contribution >= 0.6 is 0 Å². The van der Waals surface area contributed by atoms with Crippen LogP contribution in [0.3, 0.4) is 0 Å². The molecule has 2 unspecified atom stereocenters. The quantitative estimate of drug-likeness (QED) is 0.260. The summed E-state index contributed by atoms with van der Waals surface area (Å²) in [6.07, 6.45) is -0.662. The van der Waals surface area contributed by atoms with Gasteiger partial charge in [0.25, 0.3) is 17.3 Å². The zero-order chi connectivity index (χ0) is 26.9. The highest BCUT2D eigenvalue weighted by molar-refractivity contribution is 5.96. The summed E-state index contributed by atoms with van der Waals surface area (Å²) in [6.45, 7) is 0. The number of nitrogens with zero attached hydrogens (tertiary/aromatic N) is 2. The highest BCUT2D eigenvalue weighted by atomic mass is 16.6. The van der Waals surface area contributed by atoms with Crippen molar-refractivity contribution in [3.8, 4) is 0 Å². The number of hydrogen-bond acceptors (Lipinski definition) is 7. The van der Waals surface area contributed by atoms with E-state index in [1.165, 1.54) is 0 Å². The molecule has 3 N–H and O–H groups in total. The van der Waals surface area contributed by atoms with Crippen molar-refractivity contribution in [2.24, 2.45) is 0 Å². The largest absolute Gasteiger partial charge is 0.481 e. The van der Waals surface area contributed by atoms with E-state index in [9.17, 15) is 39.7 Å². The zero-order valence-electron chi connectivity index (χ0n) is 19.3. The van der Waals surface area contributed by atoms with Crippen LogP contribution in [0, 0.1) is 20.2 Å². The molecule has 0 radical (unpaired) electrons. The van der Waals surface area contributed by atoms with E-state index in [-0.39, 0.29) is 18.4 Å². The van der Waals surface area contributed by atoms with Crippen LogP contribution in [-0.4, -0.2) is 32.7 Å². The number of carbonyl (C=O) groups excluding carboxylic acids is 2. The third kappa shape index (κ3) is 7.42. The van der Waals surface area contributed by atoms with Gasteiger partial charge in [0.2, 0.25) is 5.91 Å². The Morgan fingerprint density at radius 3 is 1.62 bits per heavy atom. The number of rotatable bonds is 11. The lowest BCUT2D eigenvalue weighted by Crippen LogP contribution is -2.36. The van der Waals surface area contributed by atoms with Crippen molar-refractivity contribution in [3.05, 3.63) is 116 Å². The maximum absolute atomic E-state index is 13.0. The maximum Gasteiger partial charge on any atom is 0.305 e. The van der Waals surface area contributed by atoms with E-state index in [2.05, 4.69) is 10.6 Å². The molecule has 37 heavy (non-hydrogen) atoms. The molecule has 12 nitrogen and oxygen atoms in total. The van der Waals surface area contributed by atoms with Crippen molar-refractivity contribution in [1.29, 1.82) is 0 Å². The summed E-state index contributed by atoms with van der Waals surface area (Å²) >= 11 is 0. The first-order valence-electron chi connectivity index (χ1n) is 11.0. The first-order chi connectivity index (χ1) is 17.6. The van der Waals surface area contributed by atoms with Gasteiger partial charge in [-0.1, -0.05) is 60.7 Å². The summed E-state index contributed by atoms with van der Waals surface area (Å²) in [5, 5.41) is 36.9. The lowest BCUT2D eigenvalue weighted by atomic mass is 10.0. The minimum absolute atomic E-state index is 0.296. The zero-order valence-corrected chi connectivity index (χ0v) is 19.3. The molecular weight excluding hydrogens is 484 g/mol. The van der Waals surface area contributed by atoms with E-state index in [0.29, 0.717) is 11.1 Å². The second-order valence-corrected chi connectivity index (χ2v) is 8.02. The van der Waals surface area contributed by atoms with Crippen LogP contribution in [0.15, 0.2) is 78.9 Å². The maximum atomic E-state index is 13.0. The van der Waals surface area contributed by atoms with Gasteiger partial charge in [-0.2, -0.15) is 0 Å². The number of carbonyl (C=O) groups is 3. The smallest absolute Gasteiger partial charge is 0.305 e. The number of aliphatic carboxylic acids is 1. The van der Waals surface area contributed by atoms with Gasteiger partial charge in [-0.05, 0) is 11.1 Å². The molecule has 0 fully saturated rings. The van der Waals surface area contributed by atoms with Crippen LogP contribution in [0.1, 0.15) is 46.4 Å². The van der Waals surface area contributed by atoms with Gasteiger partial charge in [0, 0.05) is 12.1 Å². The van der Waals surface area contributed by atoms with E-state index in [1.807, 2.05) is 0 Å². The van der Waals surface area contributed by atoms with Gasteiger partial charge in [0.1, 0.15) is 0 Å². The van der Waals surface area contributed by atoms with Crippen molar-refractivity contribution in [3.63, 3.8) is 0 Å². The minimum atomic E-state index is -1.12. The number of nitro benzene ring substituents is 2. The van der Waals surface area contributed by atoms with Gasteiger partial charge in [-0.15, -0.1) is 0 Å². The number of non-ortho nitro benzene ring substituents is 2. The van der Waals surface area contributed by atoms with E-state index in [4.69, 9.17) is 0 Å². The van der Waals surface area contributed by atoms with Crippen LogP contribution in [0.25, 0.3) is 0 Å². The average Bonchev–Trinajstić information content (AvgIpc) is 2.88. The third-order valence-electron chi connectivity index (χ3n) is 5.40. The molecule has 3 aromatic carbocycles. The summed E-state index contributed by atoms with van der Waals surface area (Å²) in [7, 11) is 0. The molecule has 190 valence electrons. The fraction of sp³-hybridized carbons (Fsp3) is 0.160. The number of carboxylic acids is 1. The summed E-state index contributed by atoms with van der Waals surface area (Å²) in [5.74, 6) is -2.54. The fourth-order valence-electron chi connectivity index (χ4n) is 3.67. The number of benzene rings is 3. The Morgan fingerprint density at radius 2 is 1.19 bits per heavy atom. The predicted molar refractivity (Wildman–Crippen MR) is 131 cm³/mol. The molecule has 12 heteroatoms. The van der Waals surface area contributed by atoms with Crippen LogP contribution in [0.5, 0.6) is 0 Å². The minimum Gasteiger partial charge on any atom is -0.481 e. The lowest BCUT2D eigenvalue weighted by molar-refractivity contribution is -0.394. The van der Waals surface area contributed by atoms with E-state index in [1.54, 1.807) is 60.7 Å². The molecule has 0 aliphatic rings. The summed E-state index contributed by atoms with van der Waals surface area (Å²) < 4.78 is 0. The molecule has 2 amide bonds. The molecule has 0 saturated heterocycles. The molecule has 0 heterocycles. The Balaban J connectivity index is 1.85. The monoisotopic (exact) mass is 506 g/mol. The van der Waals surface area contributed by atoms with Crippen molar-refractivity contribution < 1.29 is 29.3 Å². The highest BCUT2D eigenvalue weighted by Crippen LogP contribution is 2.25. The van der Waals surface area contributed by atoms with E-state index >= 15 is 0 Å². The van der Waals surface area contributed by atoms with Crippen LogP contribution < -0.4 is 10.6 Å². The summed E-state index contributed by atoms with van der Waals surface area (Å²) in [6, 6.07) is 17.7. The number of carboxylic acid groups (broad SMARTS) is 1. The van der Waals surface area contributed by atoms with Gasteiger partial charge in [0.15, 0.2) is 0 Å². The van der Waals surface area contributed by atoms with Gasteiger partial charge >= 0.3 is 5.97 Å². The van der Waals surface area contributed by atoms with Gasteiger partial charge < -0.3 is 15.7 Å². The van der Waals surface area contributed by atoms with Gasteiger partial charge in [0.05, 0.1) is 46.4 Å². The predicted octanol–water partition coefficient (Wildman–Crippen LogP) is 3.70. The van der Waals surface area contributed by atoms with Crippen LogP contribution in [-0.2, 0) is 9.59 Å². The Bertz CT molecular complexity index is 1280.